The molecule has 0 aliphatic heterocycles. The van der Waals surface area contributed by atoms with Gasteiger partial charge >= 0.3 is 0 Å². The predicted octanol–water partition coefficient (Wildman–Crippen LogP) is 4.19. The monoisotopic (exact) mass is 291 g/mol. The lowest BCUT2D eigenvalue weighted by Gasteiger charge is -2.14. The van der Waals surface area contributed by atoms with Crippen molar-refractivity contribution >= 4 is 23.2 Å². The van der Waals surface area contributed by atoms with E-state index in [1.54, 1.807) is 12.1 Å². The summed E-state index contributed by atoms with van der Waals surface area (Å²) >= 11 is 11.1. The quantitative estimate of drug-likeness (QED) is 0.848. The van der Waals surface area contributed by atoms with Crippen molar-refractivity contribution in [2.45, 2.75) is 19.9 Å². The molecule has 0 saturated carbocycles. The van der Waals surface area contributed by atoms with Gasteiger partial charge < -0.3 is 10.1 Å². The van der Waals surface area contributed by atoms with E-state index < -0.39 is 0 Å². The zero-order chi connectivity index (χ0) is 13.5. The fourth-order valence-electron chi connectivity index (χ4n) is 1.55. The standard InChI is InChI=1S/C13H16Cl2FNO/c1-3-17-9(2)12-5-4-11(6-13(12)16)18-8-10(15)7-14/h4-7,9,17H,3,8H2,1-2H3/b10-7-. The maximum atomic E-state index is 13.8. The molecular formula is C13H16Cl2FNO. The van der Waals surface area contributed by atoms with Gasteiger partial charge in [-0.05, 0) is 19.5 Å². The highest BCUT2D eigenvalue weighted by molar-refractivity contribution is 6.36. The van der Waals surface area contributed by atoms with E-state index in [4.69, 9.17) is 27.9 Å². The first-order chi connectivity index (χ1) is 8.58. The van der Waals surface area contributed by atoms with Crippen molar-refractivity contribution in [3.8, 4) is 5.75 Å². The zero-order valence-corrected chi connectivity index (χ0v) is 11.9. The van der Waals surface area contributed by atoms with Crippen molar-refractivity contribution < 1.29 is 9.13 Å². The van der Waals surface area contributed by atoms with Gasteiger partial charge in [0, 0.05) is 23.2 Å². The van der Waals surface area contributed by atoms with E-state index in [9.17, 15) is 4.39 Å². The van der Waals surface area contributed by atoms with Gasteiger partial charge in [-0.1, -0.05) is 36.2 Å². The summed E-state index contributed by atoms with van der Waals surface area (Å²) in [6, 6.07) is 4.73. The smallest absolute Gasteiger partial charge is 0.131 e. The third kappa shape index (κ3) is 4.48. The average Bonchev–Trinajstić information content (AvgIpc) is 2.36. The molecule has 1 rings (SSSR count). The Morgan fingerprint density at radius 1 is 1.56 bits per heavy atom. The highest BCUT2D eigenvalue weighted by atomic mass is 35.5. The minimum Gasteiger partial charge on any atom is -0.488 e. The number of halogens is 3. The third-order valence-electron chi connectivity index (χ3n) is 2.44. The molecule has 0 aliphatic carbocycles. The van der Waals surface area contributed by atoms with E-state index in [-0.39, 0.29) is 18.5 Å². The number of benzene rings is 1. The average molecular weight is 292 g/mol. The van der Waals surface area contributed by atoms with E-state index in [1.807, 2.05) is 13.8 Å². The lowest BCUT2D eigenvalue weighted by atomic mass is 10.1. The molecule has 0 bridgehead atoms. The van der Waals surface area contributed by atoms with Gasteiger partial charge in [0.25, 0.3) is 0 Å². The van der Waals surface area contributed by atoms with Crippen molar-refractivity contribution in [3.05, 3.63) is 40.1 Å². The van der Waals surface area contributed by atoms with Gasteiger partial charge in [-0.2, -0.15) is 0 Å². The van der Waals surface area contributed by atoms with E-state index in [1.165, 1.54) is 11.6 Å². The molecule has 100 valence electrons. The largest absolute Gasteiger partial charge is 0.488 e. The molecular weight excluding hydrogens is 276 g/mol. The molecule has 1 aromatic carbocycles. The first-order valence-corrected chi connectivity index (χ1v) is 6.50. The van der Waals surface area contributed by atoms with Crippen molar-refractivity contribution in [2.75, 3.05) is 13.2 Å². The number of ether oxygens (including phenoxy) is 1. The zero-order valence-electron chi connectivity index (χ0n) is 10.3. The highest BCUT2D eigenvalue weighted by Crippen LogP contribution is 2.22. The maximum absolute atomic E-state index is 13.8. The van der Waals surface area contributed by atoms with Crippen LogP contribution >= 0.6 is 23.2 Å². The van der Waals surface area contributed by atoms with Crippen LogP contribution in [0.4, 0.5) is 4.39 Å². The van der Waals surface area contributed by atoms with Crippen molar-refractivity contribution in [1.82, 2.24) is 5.32 Å². The van der Waals surface area contributed by atoms with Gasteiger partial charge in [0.1, 0.15) is 18.2 Å². The Hall–Kier alpha value is -0.770. The maximum Gasteiger partial charge on any atom is 0.131 e. The van der Waals surface area contributed by atoms with Crippen LogP contribution in [0.15, 0.2) is 28.8 Å². The van der Waals surface area contributed by atoms with Crippen LogP contribution in [0.3, 0.4) is 0 Å². The summed E-state index contributed by atoms with van der Waals surface area (Å²) in [5, 5.41) is 3.52. The second-order valence-corrected chi connectivity index (χ2v) is 4.51. The van der Waals surface area contributed by atoms with Crippen LogP contribution in [0.2, 0.25) is 0 Å². The molecule has 1 N–H and O–H groups in total. The van der Waals surface area contributed by atoms with Crippen LogP contribution in [0, 0.1) is 5.82 Å². The van der Waals surface area contributed by atoms with Gasteiger partial charge in [0.15, 0.2) is 0 Å². The van der Waals surface area contributed by atoms with Gasteiger partial charge in [-0.15, -0.1) is 0 Å². The minimum atomic E-state index is -0.299. The molecule has 1 atom stereocenters. The Morgan fingerprint density at radius 3 is 2.83 bits per heavy atom. The van der Waals surface area contributed by atoms with Gasteiger partial charge in [-0.3, -0.25) is 0 Å². The molecule has 0 heterocycles. The van der Waals surface area contributed by atoms with Crippen LogP contribution < -0.4 is 10.1 Å². The summed E-state index contributed by atoms with van der Waals surface area (Å²) < 4.78 is 19.1. The third-order valence-corrected chi connectivity index (χ3v) is 3.04. The lowest BCUT2D eigenvalue weighted by molar-refractivity contribution is 0.356. The van der Waals surface area contributed by atoms with E-state index >= 15 is 0 Å². The summed E-state index contributed by atoms with van der Waals surface area (Å²) in [7, 11) is 0. The molecule has 0 spiro atoms. The molecule has 1 unspecified atom stereocenters. The predicted molar refractivity (Wildman–Crippen MR) is 73.8 cm³/mol. The SMILES string of the molecule is CCNC(C)c1ccc(OC/C(Cl)=C/Cl)cc1F. The second kappa shape index (κ2) is 7.62. The van der Waals surface area contributed by atoms with E-state index in [2.05, 4.69) is 5.32 Å². The fourth-order valence-corrected chi connectivity index (χ4v) is 1.67. The summed E-state index contributed by atoms with van der Waals surface area (Å²) in [4.78, 5) is 0. The summed E-state index contributed by atoms with van der Waals surface area (Å²) in [5.41, 5.74) is 1.84. The van der Waals surface area contributed by atoms with Gasteiger partial charge in [-0.25, -0.2) is 4.39 Å². The highest BCUT2D eigenvalue weighted by Gasteiger charge is 2.10. The number of hydrogen-bond donors (Lipinski definition) is 1. The summed E-state index contributed by atoms with van der Waals surface area (Å²) in [6.45, 7) is 4.81. The first kappa shape index (κ1) is 15.3. The summed E-state index contributed by atoms with van der Waals surface area (Å²) in [5.74, 6) is 0.128. The molecule has 0 saturated heterocycles. The molecule has 0 radical (unpaired) electrons. The van der Waals surface area contributed by atoms with Gasteiger partial charge in [0.2, 0.25) is 0 Å². The van der Waals surface area contributed by atoms with Crippen molar-refractivity contribution in [1.29, 1.82) is 0 Å². The molecule has 0 aliphatic rings. The molecule has 5 heteroatoms. The molecule has 0 amide bonds. The second-order valence-electron chi connectivity index (χ2n) is 3.81. The first-order valence-electron chi connectivity index (χ1n) is 5.68. The Morgan fingerprint density at radius 2 is 2.28 bits per heavy atom. The minimum absolute atomic E-state index is 0.0321. The van der Waals surface area contributed by atoms with Crippen LogP contribution in [0.25, 0.3) is 0 Å². The normalized spacial score (nSPS) is 13.5. The lowest BCUT2D eigenvalue weighted by Crippen LogP contribution is -2.18. The Labute approximate surface area is 117 Å². The van der Waals surface area contributed by atoms with E-state index in [0.717, 1.165) is 6.54 Å². The van der Waals surface area contributed by atoms with Gasteiger partial charge in [0.05, 0.1) is 5.03 Å². The van der Waals surface area contributed by atoms with Crippen LogP contribution in [-0.4, -0.2) is 13.2 Å². The Kier molecular flexibility index (Phi) is 6.47. The Balaban J connectivity index is 2.73. The van der Waals surface area contributed by atoms with E-state index in [0.29, 0.717) is 16.3 Å². The molecule has 0 aromatic heterocycles. The van der Waals surface area contributed by atoms with Crippen LogP contribution in [0.5, 0.6) is 5.75 Å². The molecule has 0 fully saturated rings. The number of hydrogen-bond acceptors (Lipinski definition) is 2. The van der Waals surface area contributed by atoms with Crippen molar-refractivity contribution in [2.24, 2.45) is 0 Å². The Bertz CT molecular complexity index is 423. The fraction of sp³-hybridized carbons (Fsp3) is 0.385. The van der Waals surface area contributed by atoms with Crippen LogP contribution in [-0.2, 0) is 0 Å². The molecule has 2 nitrogen and oxygen atoms in total. The number of rotatable bonds is 6. The van der Waals surface area contributed by atoms with Crippen LogP contribution in [0.1, 0.15) is 25.5 Å². The van der Waals surface area contributed by atoms with Crippen molar-refractivity contribution in [3.63, 3.8) is 0 Å². The summed E-state index contributed by atoms with van der Waals surface area (Å²) in [6.07, 6.45) is 0. The molecule has 18 heavy (non-hydrogen) atoms. The topological polar surface area (TPSA) is 21.3 Å². The molecule has 1 aromatic rings. The number of nitrogens with one attached hydrogen (secondary N) is 1.